The highest BCUT2D eigenvalue weighted by Gasteiger charge is 2.22. The third kappa shape index (κ3) is 4.35. The smallest absolute Gasteiger partial charge is 0.239 e. The number of aryl methyl sites for hydroxylation is 1. The van der Waals surface area contributed by atoms with Gasteiger partial charge in [-0.3, -0.25) is 4.57 Å². The topological polar surface area (TPSA) is 78.9 Å². The monoisotopic (exact) mass is 425 g/mol. The van der Waals surface area contributed by atoms with Crippen molar-refractivity contribution in [3.8, 4) is 11.4 Å². The molecule has 0 saturated heterocycles. The molecule has 0 radical (unpaired) electrons. The number of thioether (sulfide) groups is 1. The Labute approximate surface area is 177 Å². The van der Waals surface area contributed by atoms with Crippen molar-refractivity contribution in [1.82, 2.24) is 24.9 Å². The Morgan fingerprint density at radius 1 is 1.10 bits per heavy atom. The Morgan fingerprint density at radius 2 is 1.87 bits per heavy atom. The van der Waals surface area contributed by atoms with E-state index in [0.717, 1.165) is 5.69 Å². The maximum absolute atomic E-state index is 13.9. The van der Waals surface area contributed by atoms with Crippen LogP contribution < -0.4 is 4.74 Å². The molecule has 4 rings (SSSR count). The third-order valence-electron chi connectivity index (χ3n) is 4.34. The summed E-state index contributed by atoms with van der Waals surface area (Å²) >= 11 is 1.45. The summed E-state index contributed by atoms with van der Waals surface area (Å²) in [4.78, 5) is 4.40. The van der Waals surface area contributed by atoms with Crippen molar-refractivity contribution >= 4 is 11.8 Å². The molecule has 2 heterocycles. The van der Waals surface area contributed by atoms with Gasteiger partial charge >= 0.3 is 0 Å². The fraction of sp³-hybridized carbons (Fsp3) is 0.238. The first kappa shape index (κ1) is 20.1. The fourth-order valence-electron chi connectivity index (χ4n) is 2.80. The first-order chi connectivity index (χ1) is 14.7. The summed E-state index contributed by atoms with van der Waals surface area (Å²) in [6, 6.07) is 16.0. The largest absolute Gasteiger partial charge is 0.483 e. The molecule has 0 spiro atoms. The molecule has 0 amide bonds. The van der Waals surface area contributed by atoms with Crippen LogP contribution >= 0.6 is 11.8 Å². The molecule has 1 atom stereocenters. The Kier molecular flexibility index (Phi) is 6.08. The van der Waals surface area contributed by atoms with Gasteiger partial charge in [0.05, 0.1) is 5.25 Å². The normalized spacial score (nSPS) is 12.1. The predicted octanol–water partition coefficient (Wildman–Crippen LogP) is 4.78. The van der Waals surface area contributed by atoms with Gasteiger partial charge in [0.15, 0.2) is 28.4 Å². The van der Waals surface area contributed by atoms with Gasteiger partial charge in [0.1, 0.15) is 6.61 Å². The minimum atomic E-state index is -0.422. The molecule has 0 aliphatic carbocycles. The van der Waals surface area contributed by atoms with Crippen LogP contribution in [0.25, 0.3) is 5.69 Å². The average molecular weight is 425 g/mol. The Bertz CT molecular complexity index is 1120. The molecular weight excluding hydrogens is 405 g/mol. The van der Waals surface area contributed by atoms with Crippen molar-refractivity contribution < 1.29 is 13.7 Å². The molecule has 9 heteroatoms. The molecule has 2 aromatic carbocycles. The Hall–Kier alpha value is -3.20. The minimum Gasteiger partial charge on any atom is -0.483 e. The lowest BCUT2D eigenvalue weighted by Crippen LogP contribution is -2.07. The number of halogens is 1. The molecule has 30 heavy (non-hydrogen) atoms. The molecule has 1 unspecified atom stereocenters. The van der Waals surface area contributed by atoms with E-state index in [-0.39, 0.29) is 17.6 Å². The number of aromatic nitrogens is 5. The van der Waals surface area contributed by atoms with E-state index in [2.05, 4.69) is 20.3 Å². The van der Waals surface area contributed by atoms with E-state index in [4.69, 9.17) is 9.26 Å². The highest BCUT2D eigenvalue weighted by molar-refractivity contribution is 7.99. The number of nitrogens with zero attached hydrogens (tertiary/aromatic N) is 5. The molecule has 0 bridgehead atoms. The number of para-hydroxylation sites is 2. The summed E-state index contributed by atoms with van der Waals surface area (Å²) in [5.41, 5.74) is 0.879. The minimum absolute atomic E-state index is 0.0678. The second-order valence-electron chi connectivity index (χ2n) is 6.45. The SMILES string of the molecule is CCc1noc(C(C)Sc2nnc(COc3ccccc3F)n2-c2ccccc2)n1. The van der Waals surface area contributed by atoms with Gasteiger partial charge in [0.2, 0.25) is 5.89 Å². The first-order valence-corrected chi connectivity index (χ1v) is 10.4. The van der Waals surface area contributed by atoms with Gasteiger partial charge in [-0.1, -0.05) is 54.2 Å². The molecular formula is C21H20FN5O2S. The maximum atomic E-state index is 13.9. The van der Waals surface area contributed by atoms with Gasteiger partial charge in [0, 0.05) is 12.1 Å². The zero-order chi connectivity index (χ0) is 20.9. The number of rotatable bonds is 8. The van der Waals surface area contributed by atoms with E-state index >= 15 is 0 Å². The van der Waals surface area contributed by atoms with Crippen LogP contribution in [0, 0.1) is 5.82 Å². The van der Waals surface area contributed by atoms with Crippen molar-refractivity contribution in [2.24, 2.45) is 0 Å². The number of benzene rings is 2. The van der Waals surface area contributed by atoms with E-state index in [0.29, 0.717) is 29.1 Å². The summed E-state index contributed by atoms with van der Waals surface area (Å²) in [5, 5.41) is 13.1. The molecule has 0 aliphatic heterocycles. The summed E-state index contributed by atoms with van der Waals surface area (Å²) < 4.78 is 26.8. The van der Waals surface area contributed by atoms with Gasteiger partial charge in [-0.2, -0.15) is 4.98 Å². The van der Waals surface area contributed by atoms with E-state index < -0.39 is 5.82 Å². The fourth-order valence-corrected chi connectivity index (χ4v) is 3.71. The quantitative estimate of drug-likeness (QED) is 0.376. The summed E-state index contributed by atoms with van der Waals surface area (Å²) in [5.74, 6) is 1.50. The number of ether oxygens (including phenoxy) is 1. The second-order valence-corrected chi connectivity index (χ2v) is 7.76. The van der Waals surface area contributed by atoms with E-state index in [1.807, 2.05) is 48.7 Å². The lowest BCUT2D eigenvalue weighted by Gasteiger charge is -2.12. The molecule has 4 aromatic rings. The highest BCUT2D eigenvalue weighted by atomic mass is 32.2. The summed E-state index contributed by atoms with van der Waals surface area (Å²) in [7, 11) is 0. The van der Waals surface area contributed by atoms with Gasteiger partial charge in [-0.05, 0) is 31.2 Å². The van der Waals surface area contributed by atoms with Crippen molar-refractivity contribution in [1.29, 1.82) is 0 Å². The molecule has 0 aliphatic rings. The van der Waals surface area contributed by atoms with E-state index in [1.165, 1.54) is 17.8 Å². The molecule has 7 nitrogen and oxygen atoms in total. The standard InChI is InChI=1S/C21H20FN5O2S/c1-3-18-23-20(29-26-18)14(2)30-21-25-24-19(27(21)15-9-5-4-6-10-15)13-28-17-12-8-7-11-16(17)22/h4-12,14H,3,13H2,1-2H3. The zero-order valence-electron chi connectivity index (χ0n) is 16.5. The Morgan fingerprint density at radius 3 is 2.60 bits per heavy atom. The van der Waals surface area contributed by atoms with Gasteiger partial charge in [0.25, 0.3) is 0 Å². The maximum Gasteiger partial charge on any atom is 0.239 e. The number of hydrogen-bond acceptors (Lipinski definition) is 7. The molecule has 0 saturated carbocycles. The van der Waals surface area contributed by atoms with Crippen LogP contribution in [0.4, 0.5) is 4.39 Å². The molecule has 2 aromatic heterocycles. The third-order valence-corrected chi connectivity index (χ3v) is 5.37. The van der Waals surface area contributed by atoms with E-state index in [9.17, 15) is 4.39 Å². The number of hydrogen-bond donors (Lipinski definition) is 0. The lowest BCUT2D eigenvalue weighted by atomic mass is 10.3. The van der Waals surface area contributed by atoms with Crippen LogP contribution in [0.15, 0.2) is 64.3 Å². The van der Waals surface area contributed by atoms with Crippen molar-refractivity contribution in [3.63, 3.8) is 0 Å². The summed E-state index contributed by atoms with van der Waals surface area (Å²) in [6.45, 7) is 4.01. The summed E-state index contributed by atoms with van der Waals surface area (Å²) in [6.07, 6.45) is 0.707. The van der Waals surface area contributed by atoms with Crippen LogP contribution in [0.1, 0.15) is 36.6 Å². The highest BCUT2D eigenvalue weighted by Crippen LogP contribution is 2.34. The van der Waals surface area contributed by atoms with Crippen molar-refractivity contribution in [3.05, 3.63) is 78.0 Å². The Balaban J connectivity index is 1.61. The van der Waals surface area contributed by atoms with Gasteiger partial charge < -0.3 is 9.26 Å². The van der Waals surface area contributed by atoms with Crippen molar-refractivity contribution in [2.45, 2.75) is 37.3 Å². The van der Waals surface area contributed by atoms with Crippen LogP contribution in [0.3, 0.4) is 0 Å². The average Bonchev–Trinajstić information content (AvgIpc) is 3.41. The van der Waals surface area contributed by atoms with Crippen LogP contribution in [-0.2, 0) is 13.0 Å². The van der Waals surface area contributed by atoms with Crippen LogP contribution in [0.2, 0.25) is 0 Å². The zero-order valence-corrected chi connectivity index (χ0v) is 17.3. The molecule has 0 N–H and O–H groups in total. The molecule has 154 valence electrons. The first-order valence-electron chi connectivity index (χ1n) is 9.52. The van der Waals surface area contributed by atoms with Gasteiger partial charge in [-0.15, -0.1) is 10.2 Å². The molecule has 0 fully saturated rings. The van der Waals surface area contributed by atoms with Crippen LogP contribution in [-0.4, -0.2) is 24.9 Å². The van der Waals surface area contributed by atoms with Crippen LogP contribution in [0.5, 0.6) is 5.75 Å². The predicted molar refractivity (Wildman–Crippen MR) is 110 cm³/mol. The van der Waals surface area contributed by atoms with Gasteiger partial charge in [-0.25, -0.2) is 4.39 Å². The second kappa shape index (κ2) is 9.08. The van der Waals surface area contributed by atoms with E-state index in [1.54, 1.807) is 18.2 Å². The lowest BCUT2D eigenvalue weighted by molar-refractivity contribution is 0.278. The van der Waals surface area contributed by atoms with Crippen molar-refractivity contribution in [2.75, 3.05) is 0 Å².